The Kier molecular flexibility index (Phi) is 6.17. The molecule has 1 atom stereocenters. The summed E-state index contributed by atoms with van der Waals surface area (Å²) in [5, 5.41) is 4.04. The molecule has 1 aromatic heterocycles. The number of likely N-dealkylation sites (N-methyl/N-ethyl adjacent to an activating group) is 1. The highest BCUT2D eigenvalue weighted by Gasteiger charge is 2.18. The van der Waals surface area contributed by atoms with Gasteiger partial charge in [-0.25, -0.2) is 13.1 Å². The van der Waals surface area contributed by atoms with Crippen molar-refractivity contribution < 1.29 is 13.2 Å². The van der Waals surface area contributed by atoms with Gasteiger partial charge >= 0.3 is 0 Å². The molecular formula is C16H22N2O3S2. The Hall–Kier alpha value is -1.41. The second-order valence-electron chi connectivity index (χ2n) is 5.49. The van der Waals surface area contributed by atoms with Gasteiger partial charge in [0.15, 0.2) is 0 Å². The number of nitrogens with zero attached hydrogens (tertiary/aromatic N) is 1. The fourth-order valence-electron chi connectivity index (χ4n) is 2.26. The highest BCUT2D eigenvalue weighted by atomic mass is 32.2. The van der Waals surface area contributed by atoms with Crippen LogP contribution in [0.1, 0.15) is 17.2 Å². The molecule has 0 radical (unpaired) electrons. The normalized spacial score (nSPS) is 13.2. The minimum atomic E-state index is -3.39. The molecule has 0 bridgehead atoms. The predicted octanol–water partition coefficient (Wildman–Crippen LogP) is 2.48. The van der Waals surface area contributed by atoms with Gasteiger partial charge in [0, 0.05) is 12.6 Å². The lowest BCUT2D eigenvalue weighted by molar-refractivity contribution is 0.300. The zero-order chi connectivity index (χ0) is 16.9. The van der Waals surface area contributed by atoms with Crippen LogP contribution in [0.25, 0.3) is 0 Å². The Bertz CT molecular complexity index is 695. The molecule has 126 valence electrons. The first-order valence-corrected chi connectivity index (χ1v) is 9.79. The molecule has 0 amide bonds. The topological polar surface area (TPSA) is 58.6 Å². The van der Waals surface area contributed by atoms with Crippen LogP contribution >= 0.6 is 11.3 Å². The zero-order valence-corrected chi connectivity index (χ0v) is 15.2. The third-order valence-corrected chi connectivity index (χ3v) is 5.58. The zero-order valence-electron chi connectivity index (χ0n) is 13.5. The molecule has 1 aromatic carbocycles. The lowest BCUT2D eigenvalue weighted by Gasteiger charge is -2.24. The fraction of sp³-hybridized carbons (Fsp3) is 0.375. The minimum Gasteiger partial charge on any atom is -0.497 e. The van der Waals surface area contributed by atoms with Crippen molar-refractivity contribution in [2.24, 2.45) is 0 Å². The average molecular weight is 354 g/mol. The van der Waals surface area contributed by atoms with E-state index in [1.165, 1.54) is 0 Å². The molecule has 1 heterocycles. The van der Waals surface area contributed by atoms with Gasteiger partial charge < -0.3 is 9.64 Å². The standard InChI is InChI=1S/C16H22N2O3S2/c1-18(2)16(14-8-9-22-11-14)10-17-23(19,20)12-13-4-6-15(21-3)7-5-13/h4-9,11,16-17H,10,12H2,1-3H3. The molecule has 0 aliphatic carbocycles. The highest BCUT2D eigenvalue weighted by molar-refractivity contribution is 7.88. The maximum atomic E-state index is 12.3. The van der Waals surface area contributed by atoms with Crippen molar-refractivity contribution in [1.82, 2.24) is 9.62 Å². The van der Waals surface area contributed by atoms with E-state index in [-0.39, 0.29) is 11.8 Å². The van der Waals surface area contributed by atoms with Crippen LogP contribution in [0.15, 0.2) is 41.1 Å². The summed E-state index contributed by atoms with van der Waals surface area (Å²) in [6.45, 7) is 0.349. The second kappa shape index (κ2) is 7.92. The molecule has 1 N–H and O–H groups in total. The molecule has 0 aliphatic heterocycles. The first-order valence-electron chi connectivity index (χ1n) is 7.20. The molecular weight excluding hydrogens is 332 g/mol. The lowest BCUT2D eigenvalue weighted by atomic mass is 10.1. The van der Waals surface area contributed by atoms with Gasteiger partial charge in [-0.15, -0.1) is 0 Å². The molecule has 0 aliphatic rings. The summed E-state index contributed by atoms with van der Waals surface area (Å²) in [5.74, 6) is 0.671. The molecule has 7 heteroatoms. The SMILES string of the molecule is COc1ccc(CS(=O)(=O)NCC(c2ccsc2)N(C)C)cc1. The van der Waals surface area contributed by atoms with E-state index < -0.39 is 10.0 Å². The molecule has 2 rings (SSSR count). The van der Waals surface area contributed by atoms with Crippen LogP contribution in [-0.2, 0) is 15.8 Å². The molecule has 0 fully saturated rings. The van der Waals surface area contributed by atoms with Gasteiger partial charge in [-0.3, -0.25) is 0 Å². The van der Waals surface area contributed by atoms with E-state index in [9.17, 15) is 8.42 Å². The fourth-order valence-corrected chi connectivity index (χ4v) is 4.11. The third kappa shape index (κ3) is 5.31. The molecule has 0 saturated heterocycles. The summed E-state index contributed by atoms with van der Waals surface area (Å²) in [5.41, 5.74) is 1.85. The van der Waals surface area contributed by atoms with E-state index in [2.05, 4.69) is 4.72 Å². The number of hydrogen-bond donors (Lipinski definition) is 1. The van der Waals surface area contributed by atoms with Gasteiger partial charge in [0.05, 0.1) is 12.9 Å². The first kappa shape index (κ1) is 17.9. The molecule has 0 spiro atoms. The van der Waals surface area contributed by atoms with Crippen molar-refractivity contribution in [3.8, 4) is 5.75 Å². The maximum Gasteiger partial charge on any atom is 0.215 e. The van der Waals surface area contributed by atoms with Crippen molar-refractivity contribution in [3.05, 3.63) is 52.2 Å². The Morgan fingerprint density at radius 1 is 1.22 bits per heavy atom. The number of sulfonamides is 1. The average Bonchev–Trinajstić information content (AvgIpc) is 3.01. The second-order valence-corrected chi connectivity index (χ2v) is 8.08. The number of nitrogens with one attached hydrogen (secondary N) is 1. The van der Waals surface area contributed by atoms with Gasteiger partial charge in [0.25, 0.3) is 0 Å². The number of rotatable bonds is 8. The number of thiophene rings is 1. The van der Waals surface area contributed by atoms with Crippen molar-refractivity contribution in [2.45, 2.75) is 11.8 Å². The maximum absolute atomic E-state index is 12.3. The monoisotopic (exact) mass is 354 g/mol. The van der Waals surface area contributed by atoms with Crippen LogP contribution in [0.2, 0.25) is 0 Å². The van der Waals surface area contributed by atoms with E-state index in [1.807, 2.05) is 35.8 Å². The largest absolute Gasteiger partial charge is 0.497 e. The van der Waals surface area contributed by atoms with Crippen molar-refractivity contribution in [3.63, 3.8) is 0 Å². The highest BCUT2D eigenvalue weighted by Crippen LogP contribution is 2.20. The van der Waals surface area contributed by atoms with Crippen LogP contribution < -0.4 is 9.46 Å². The van der Waals surface area contributed by atoms with Crippen LogP contribution in [-0.4, -0.2) is 41.1 Å². The summed E-state index contributed by atoms with van der Waals surface area (Å²) in [7, 11) is 2.08. The first-order chi connectivity index (χ1) is 10.9. The quantitative estimate of drug-likeness (QED) is 0.791. The third-order valence-electron chi connectivity index (χ3n) is 3.56. The molecule has 5 nitrogen and oxygen atoms in total. The van der Waals surface area contributed by atoms with E-state index >= 15 is 0 Å². The van der Waals surface area contributed by atoms with Gasteiger partial charge in [-0.2, -0.15) is 11.3 Å². The summed E-state index contributed by atoms with van der Waals surface area (Å²) in [6, 6.07) is 9.10. The number of hydrogen-bond acceptors (Lipinski definition) is 5. The predicted molar refractivity (Wildman–Crippen MR) is 94.4 cm³/mol. The van der Waals surface area contributed by atoms with Gasteiger partial charge in [-0.1, -0.05) is 12.1 Å². The van der Waals surface area contributed by atoms with Gasteiger partial charge in [0.1, 0.15) is 5.75 Å². The smallest absolute Gasteiger partial charge is 0.215 e. The summed E-state index contributed by atoms with van der Waals surface area (Å²) >= 11 is 1.61. The van der Waals surface area contributed by atoms with Crippen molar-refractivity contribution >= 4 is 21.4 Å². The van der Waals surface area contributed by atoms with Crippen molar-refractivity contribution in [2.75, 3.05) is 27.7 Å². The number of benzene rings is 1. The summed E-state index contributed by atoms with van der Waals surface area (Å²) in [4.78, 5) is 2.01. The Morgan fingerprint density at radius 2 is 1.91 bits per heavy atom. The van der Waals surface area contributed by atoms with E-state index in [0.29, 0.717) is 12.3 Å². The summed E-state index contributed by atoms with van der Waals surface area (Å²) < 4.78 is 32.4. The van der Waals surface area contributed by atoms with Crippen LogP contribution in [0.5, 0.6) is 5.75 Å². The van der Waals surface area contributed by atoms with Crippen LogP contribution in [0.3, 0.4) is 0 Å². The molecule has 1 unspecified atom stereocenters. The Morgan fingerprint density at radius 3 is 2.43 bits per heavy atom. The minimum absolute atomic E-state index is 0.0203. The van der Waals surface area contributed by atoms with E-state index in [1.54, 1.807) is 42.7 Å². The number of ether oxygens (including phenoxy) is 1. The van der Waals surface area contributed by atoms with Crippen LogP contribution in [0, 0.1) is 0 Å². The Balaban J connectivity index is 1.99. The van der Waals surface area contributed by atoms with Gasteiger partial charge in [-0.05, 0) is 54.2 Å². The number of methoxy groups -OCH3 is 1. The summed E-state index contributed by atoms with van der Waals surface area (Å²) in [6.07, 6.45) is 0. The van der Waals surface area contributed by atoms with E-state index in [4.69, 9.17) is 4.74 Å². The van der Waals surface area contributed by atoms with Crippen LogP contribution in [0.4, 0.5) is 0 Å². The van der Waals surface area contributed by atoms with Crippen molar-refractivity contribution in [1.29, 1.82) is 0 Å². The Labute approximate surface area is 142 Å². The molecule has 0 saturated carbocycles. The van der Waals surface area contributed by atoms with Gasteiger partial charge in [0.2, 0.25) is 10.0 Å². The molecule has 2 aromatic rings. The van der Waals surface area contributed by atoms with E-state index in [0.717, 1.165) is 11.1 Å². The lowest BCUT2D eigenvalue weighted by Crippen LogP contribution is -2.35. The molecule has 23 heavy (non-hydrogen) atoms.